The number of hydrogen-bond acceptors (Lipinski definition) is 6. The van der Waals surface area contributed by atoms with Gasteiger partial charge in [-0.15, -0.1) is 0 Å². The van der Waals surface area contributed by atoms with Crippen LogP contribution in [-0.2, 0) is 0 Å². The quantitative estimate of drug-likeness (QED) is 0.133. The largest absolute Gasteiger partial charge is 0.365 e. The second kappa shape index (κ2) is 19.7. The summed E-state index contributed by atoms with van der Waals surface area (Å²) >= 11 is 0. The summed E-state index contributed by atoms with van der Waals surface area (Å²) in [5.74, 6) is 0. The van der Waals surface area contributed by atoms with E-state index in [9.17, 15) is 0 Å². The molecule has 0 unspecified atom stereocenters. The first-order chi connectivity index (χ1) is 40.2. The molecule has 6 nitrogen and oxygen atoms in total. The first kappa shape index (κ1) is 48.1. The zero-order valence-corrected chi connectivity index (χ0v) is 46.1. The highest BCUT2D eigenvalue weighted by atomic mass is 15.2. The van der Waals surface area contributed by atoms with Gasteiger partial charge in [0.2, 0.25) is 0 Å². The fourth-order valence-electron chi connectivity index (χ4n) is 15.4. The Hall–Kier alpha value is -8.87. The number of para-hydroxylation sites is 7. The molecule has 0 N–H and O–H groups in total. The molecule has 10 aromatic carbocycles. The van der Waals surface area contributed by atoms with Gasteiger partial charge in [-0.3, -0.25) is 0 Å². The molecule has 2 fully saturated rings. The molecule has 8 heteroatoms. The SMILES string of the molecule is CN(c1ccccc1)c1cc2c3c(c1)N(c1ccccc1)c1cc4c(cc1B3c1ccccc1N2c1ccccc1)B1c2ccccc2N(c2ccccc2)c2cc(N(C3CCCCC3)C3CCCCC3)cc(c21)N4c1ccccc1. The van der Waals surface area contributed by atoms with E-state index in [0.717, 1.165) is 22.7 Å². The summed E-state index contributed by atoms with van der Waals surface area (Å²) in [4.78, 5) is 15.7. The van der Waals surface area contributed by atoms with Gasteiger partial charge in [-0.1, -0.05) is 172 Å². The molecule has 4 aliphatic heterocycles. The highest BCUT2D eigenvalue weighted by Gasteiger charge is 2.49. The number of rotatable bonds is 9. The molecule has 2 saturated carbocycles. The third-order valence-electron chi connectivity index (χ3n) is 18.9. The number of nitrogens with zero attached hydrogens (tertiary/aromatic N) is 6. The molecule has 2 aliphatic carbocycles. The van der Waals surface area contributed by atoms with Crippen molar-refractivity contribution in [2.24, 2.45) is 0 Å². The van der Waals surface area contributed by atoms with E-state index in [1.54, 1.807) is 0 Å². The van der Waals surface area contributed by atoms with Crippen molar-refractivity contribution in [1.29, 1.82) is 0 Å². The Labute approximate surface area is 478 Å². The summed E-state index contributed by atoms with van der Waals surface area (Å²) in [5.41, 5.74) is 26.0. The van der Waals surface area contributed by atoms with E-state index in [4.69, 9.17) is 0 Å². The van der Waals surface area contributed by atoms with E-state index in [1.165, 1.54) is 160 Å². The lowest BCUT2D eigenvalue weighted by Crippen LogP contribution is -2.65. The maximum atomic E-state index is 2.97. The molecular weight excluding hydrogens is 982 g/mol. The minimum absolute atomic E-state index is 0.0501. The Kier molecular flexibility index (Phi) is 11.7. The number of hydrogen-bond donors (Lipinski definition) is 0. The van der Waals surface area contributed by atoms with Gasteiger partial charge in [0.15, 0.2) is 0 Å². The van der Waals surface area contributed by atoms with Crippen molar-refractivity contribution in [1.82, 2.24) is 0 Å². The van der Waals surface area contributed by atoms with E-state index in [-0.39, 0.29) is 13.4 Å². The van der Waals surface area contributed by atoms with Crippen LogP contribution in [0.3, 0.4) is 0 Å². The molecule has 392 valence electrons. The van der Waals surface area contributed by atoms with Crippen molar-refractivity contribution >= 4 is 132 Å². The van der Waals surface area contributed by atoms with Crippen molar-refractivity contribution in [3.8, 4) is 0 Å². The first-order valence-corrected chi connectivity index (χ1v) is 29.9. The van der Waals surface area contributed by atoms with Crippen LogP contribution in [0.1, 0.15) is 64.2 Å². The van der Waals surface area contributed by atoms with E-state index in [1.807, 2.05) is 0 Å². The Morgan fingerprint density at radius 1 is 0.296 bits per heavy atom. The second-order valence-electron chi connectivity index (χ2n) is 23.3. The topological polar surface area (TPSA) is 19.4 Å². The lowest BCUT2D eigenvalue weighted by atomic mass is 9.30. The van der Waals surface area contributed by atoms with E-state index in [0.29, 0.717) is 12.1 Å². The van der Waals surface area contributed by atoms with Crippen molar-refractivity contribution < 1.29 is 0 Å². The van der Waals surface area contributed by atoms with Gasteiger partial charge in [0.05, 0.1) is 0 Å². The number of anilines is 15. The number of fused-ring (bicyclic) bond motifs is 8. The van der Waals surface area contributed by atoms with Crippen molar-refractivity contribution in [2.45, 2.75) is 76.3 Å². The molecule has 6 aliphatic rings. The van der Waals surface area contributed by atoms with Crippen LogP contribution in [0.5, 0.6) is 0 Å². The predicted molar refractivity (Wildman–Crippen MR) is 345 cm³/mol. The van der Waals surface area contributed by atoms with Crippen LogP contribution in [0.4, 0.5) is 85.3 Å². The molecule has 0 radical (unpaired) electrons. The van der Waals surface area contributed by atoms with Crippen LogP contribution in [-0.4, -0.2) is 32.6 Å². The van der Waals surface area contributed by atoms with Gasteiger partial charge in [-0.25, -0.2) is 0 Å². The molecule has 81 heavy (non-hydrogen) atoms. The van der Waals surface area contributed by atoms with Crippen molar-refractivity contribution in [3.05, 3.63) is 237 Å². The maximum absolute atomic E-state index is 2.97. The molecule has 4 heterocycles. The zero-order valence-electron chi connectivity index (χ0n) is 46.1. The molecule has 0 spiro atoms. The Bertz CT molecular complexity index is 3960. The van der Waals surface area contributed by atoms with E-state index in [2.05, 4.69) is 273 Å². The summed E-state index contributed by atoms with van der Waals surface area (Å²) in [6, 6.07) is 90.6. The minimum Gasteiger partial charge on any atom is -0.365 e. The van der Waals surface area contributed by atoms with Gasteiger partial charge < -0.3 is 29.4 Å². The normalized spacial score (nSPS) is 16.0. The van der Waals surface area contributed by atoms with Gasteiger partial charge in [0.1, 0.15) is 0 Å². The molecule has 0 bridgehead atoms. The van der Waals surface area contributed by atoms with Crippen LogP contribution in [0, 0.1) is 0 Å². The van der Waals surface area contributed by atoms with Crippen molar-refractivity contribution in [2.75, 3.05) is 36.4 Å². The van der Waals surface area contributed by atoms with E-state index >= 15 is 0 Å². The predicted octanol–water partition coefficient (Wildman–Crippen LogP) is 15.1. The number of benzene rings is 10. The molecule has 0 aromatic heterocycles. The third kappa shape index (κ3) is 7.77. The van der Waals surface area contributed by atoms with Crippen molar-refractivity contribution in [3.63, 3.8) is 0 Å². The van der Waals surface area contributed by atoms with Crippen LogP contribution in [0.25, 0.3) is 0 Å². The summed E-state index contributed by atoms with van der Waals surface area (Å²) < 4.78 is 0. The van der Waals surface area contributed by atoms with Crippen LogP contribution >= 0.6 is 0 Å². The maximum Gasteiger partial charge on any atom is 0.252 e. The van der Waals surface area contributed by atoms with Crippen LogP contribution in [0.15, 0.2) is 237 Å². The highest BCUT2D eigenvalue weighted by Crippen LogP contribution is 2.51. The molecule has 10 aromatic rings. The van der Waals surface area contributed by atoms with Gasteiger partial charge >= 0.3 is 0 Å². The lowest BCUT2D eigenvalue weighted by Gasteiger charge is -2.48. The Balaban J connectivity index is 1.01. The van der Waals surface area contributed by atoms with E-state index < -0.39 is 0 Å². The van der Waals surface area contributed by atoms with Gasteiger partial charge in [0, 0.05) is 104 Å². The first-order valence-electron chi connectivity index (χ1n) is 29.9. The molecular formula is C73H64B2N6. The summed E-state index contributed by atoms with van der Waals surface area (Å²) in [6.07, 6.45) is 12.9. The molecule has 0 atom stereocenters. The Morgan fingerprint density at radius 3 is 1.02 bits per heavy atom. The monoisotopic (exact) mass is 1050 g/mol. The summed E-state index contributed by atoms with van der Waals surface area (Å²) in [7, 11) is 2.22. The standard InChI is InChI=1S/C73H64B2N6/c1-76(51-27-9-2-10-28-51)58-45-68-72-69(46-58)80(56-37-19-7-20-38-56)66-50-67-63(49-62(66)74(72)60-41-23-25-43-64(60)78(68)54-33-15-5-16-34-54)75-61-42-24-26-44-65(61)79(55-35-17-6-18-36-55)70-47-59(48-71(73(70)75)81(67)57-39-21-8-22-40-57)77(52-29-11-3-12-30-52)53-31-13-4-14-32-53/h2,5-10,15-28,33-50,52-53H,3-4,11-14,29-32H2,1H3. The summed E-state index contributed by atoms with van der Waals surface area (Å²) in [5, 5.41) is 0. The van der Waals surface area contributed by atoms with Crippen LogP contribution < -0.4 is 62.2 Å². The van der Waals surface area contributed by atoms with Crippen LogP contribution in [0.2, 0.25) is 0 Å². The summed E-state index contributed by atoms with van der Waals surface area (Å²) in [6.45, 7) is -0.124. The van der Waals surface area contributed by atoms with Gasteiger partial charge in [-0.2, -0.15) is 0 Å². The van der Waals surface area contributed by atoms with Gasteiger partial charge in [0.25, 0.3) is 13.4 Å². The molecule has 0 saturated heterocycles. The second-order valence-corrected chi connectivity index (χ2v) is 23.3. The average molecular weight is 1050 g/mol. The molecule has 0 amide bonds. The fraction of sp³-hybridized carbons (Fsp3) is 0.178. The Morgan fingerprint density at radius 2 is 0.630 bits per heavy atom. The molecule has 16 rings (SSSR count). The smallest absolute Gasteiger partial charge is 0.252 e. The third-order valence-corrected chi connectivity index (χ3v) is 18.9. The minimum atomic E-state index is -0.0740. The average Bonchev–Trinajstić information content (AvgIpc) is 2.68. The fourth-order valence-corrected chi connectivity index (χ4v) is 15.4. The zero-order chi connectivity index (χ0) is 53.5. The van der Waals surface area contributed by atoms with Gasteiger partial charge in [-0.05, 0) is 162 Å². The highest BCUT2D eigenvalue weighted by molar-refractivity contribution is 7.03. The lowest BCUT2D eigenvalue weighted by molar-refractivity contribution is 0.340.